The lowest BCUT2D eigenvalue weighted by Gasteiger charge is -2.23. The lowest BCUT2D eigenvalue weighted by molar-refractivity contribution is -0.136. The second kappa shape index (κ2) is 5.31. The van der Waals surface area contributed by atoms with E-state index in [0.29, 0.717) is 6.42 Å². The first-order valence-electron chi connectivity index (χ1n) is 6.25. The van der Waals surface area contributed by atoms with E-state index in [0.717, 1.165) is 34.9 Å². The topological polar surface area (TPSA) is 57.5 Å². The molecule has 98 valence electrons. The quantitative estimate of drug-likeness (QED) is 0.899. The Hall–Kier alpha value is -1.03. The molecule has 1 aliphatic carbocycles. The van der Waals surface area contributed by atoms with E-state index < -0.39 is 5.97 Å². The van der Waals surface area contributed by atoms with E-state index in [1.54, 1.807) is 0 Å². The number of aromatic hydroxyl groups is 1. The molecule has 1 aliphatic rings. The minimum atomic E-state index is -0.831. The summed E-state index contributed by atoms with van der Waals surface area (Å²) in [4.78, 5) is 10.7. The molecule has 18 heavy (non-hydrogen) atoms. The number of benzene rings is 1. The number of carboxylic acids is 1. The van der Waals surface area contributed by atoms with Crippen molar-refractivity contribution in [3.8, 4) is 5.75 Å². The van der Waals surface area contributed by atoms with Crippen LogP contribution in [0.1, 0.15) is 41.5 Å². The SMILES string of the molecule is Cc1c(CCC(=O)O)c(O)c(Br)c2c1CCCC2. The number of aliphatic carboxylic acids is 1. The molecule has 0 unspecified atom stereocenters. The Bertz CT molecular complexity index is 495. The summed E-state index contributed by atoms with van der Waals surface area (Å²) in [6.07, 6.45) is 4.78. The highest BCUT2D eigenvalue weighted by atomic mass is 79.9. The number of hydrogen-bond donors (Lipinski definition) is 2. The first-order valence-corrected chi connectivity index (χ1v) is 7.05. The lowest BCUT2D eigenvalue weighted by atomic mass is 9.85. The van der Waals surface area contributed by atoms with Crippen molar-refractivity contribution in [2.75, 3.05) is 0 Å². The van der Waals surface area contributed by atoms with Gasteiger partial charge in [0.05, 0.1) is 4.47 Å². The van der Waals surface area contributed by atoms with Crippen LogP contribution in [0, 0.1) is 6.92 Å². The molecule has 0 saturated heterocycles. The van der Waals surface area contributed by atoms with Gasteiger partial charge in [0, 0.05) is 6.42 Å². The summed E-state index contributed by atoms with van der Waals surface area (Å²) in [5, 5.41) is 19.0. The van der Waals surface area contributed by atoms with Crippen LogP contribution >= 0.6 is 15.9 Å². The Labute approximate surface area is 115 Å². The fraction of sp³-hybridized carbons (Fsp3) is 0.500. The van der Waals surface area contributed by atoms with E-state index in [4.69, 9.17) is 5.11 Å². The van der Waals surface area contributed by atoms with E-state index >= 15 is 0 Å². The second-order valence-corrected chi connectivity index (χ2v) is 5.62. The highest BCUT2D eigenvalue weighted by molar-refractivity contribution is 9.10. The number of fused-ring (bicyclic) bond motifs is 1. The van der Waals surface area contributed by atoms with E-state index in [1.807, 2.05) is 6.92 Å². The molecule has 0 spiro atoms. The van der Waals surface area contributed by atoms with Crippen LogP contribution in [-0.4, -0.2) is 16.2 Å². The monoisotopic (exact) mass is 312 g/mol. The first kappa shape index (κ1) is 13.4. The molecule has 0 fully saturated rings. The van der Waals surface area contributed by atoms with Crippen molar-refractivity contribution in [1.29, 1.82) is 0 Å². The first-order chi connectivity index (χ1) is 8.52. The molecule has 3 nitrogen and oxygen atoms in total. The average molecular weight is 313 g/mol. The van der Waals surface area contributed by atoms with Gasteiger partial charge >= 0.3 is 5.97 Å². The standard InChI is InChI=1S/C14H17BrO3/c1-8-9-4-2-3-5-11(9)13(15)14(18)10(8)6-7-12(16)17/h18H,2-7H2,1H3,(H,16,17). The number of hydrogen-bond acceptors (Lipinski definition) is 2. The predicted octanol–water partition coefficient (Wildman–Crippen LogP) is 3.36. The summed E-state index contributed by atoms with van der Waals surface area (Å²) >= 11 is 3.46. The zero-order chi connectivity index (χ0) is 13.3. The number of phenols is 1. The average Bonchev–Trinajstić information content (AvgIpc) is 2.36. The van der Waals surface area contributed by atoms with Gasteiger partial charge in [-0.05, 0) is 77.2 Å². The van der Waals surface area contributed by atoms with Crippen molar-refractivity contribution in [2.24, 2.45) is 0 Å². The molecule has 0 heterocycles. The van der Waals surface area contributed by atoms with E-state index in [2.05, 4.69) is 15.9 Å². The van der Waals surface area contributed by atoms with Gasteiger partial charge in [-0.3, -0.25) is 4.79 Å². The maximum Gasteiger partial charge on any atom is 0.303 e. The zero-order valence-electron chi connectivity index (χ0n) is 10.4. The smallest absolute Gasteiger partial charge is 0.303 e. The molecule has 0 atom stereocenters. The number of phenolic OH excluding ortho intramolecular Hbond substituents is 1. The van der Waals surface area contributed by atoms with Gasteiger partial charge in [0.25, 0.3) is 0 Å². The third-order valence-corrected chi connectivity index (χ3v) is 4.57. The van der Waals surface area contributed by atoms with Gasteiger partial charge in [-0.1, -0.05) is 0 Å². The zero-order valence-corrected chi connectivity index (χ0v) is 12.0. The van der Waals surface area contributed by atoms with E-state index in [-0.39, 0.29) is 12.2 Å². The normalized spacial score (nSPS) is 14.3. The third-order valence-electron chi connectivity index (χ3n) is 3.72. The van der Waals surface area contributed by atoms with Crippen molar-refractivity contribution in [2.45, 2.75) is 45.4 Å². The van der Waals surface area contributed by atoms with Crippen LogP contribution in [0.4, 0.5) is 0 Å². The summed E-state index contributed by atoms with van der Waals surface area (Å²) in [5.41, 5.74) is 4.36. The Balaban J connectivity index is 2.46. The fourth-order valence-electron chi connectivity index (χ4n) is 2.73. The summed E-state index contributed by atoms with van der Waals surface area (Å²) < 4.78 is 0.767. The molecule has 4 heteroatoms. The van der Waals surface area contributed by atoms with Crippen LogP contribution in [0.25, 0.3) is 0 Å². The van der Waals surface area contributed by atoms with Crippen LogP contribution in [0.15, 0.2) is 4.47 Å². The Morgan fingerprint density at radius 3 is 2.50 bits per heavy atom. The largest absolute Gasteiger partial charge is 0.506 e. The molecular formula is C14H17BrO3. The number of halogens is 1. The maximum atomic E-state index is 10.7. The lowest BCUT2D eigenvalue weighted by Crippen LogP contribution is -2.09. The van der Waals surface area contributed by atoms with Gasteiger partial charge in [0.15, 0.2) is 0 Å². The van der Waals surface area contributed by atoms with Crippen LogP contribution < -0.4 is 0 Å². The minimum Gasteiger partial charge on any atom is -0.506 e. The Morgan fingerprint density at radius 2 is 1.89 bits per heavy atom. The Morgan fingerprint density at radius 1 is 1.28 bits per heavy atom. The van der Waals surface area contributed by atoms with Crippen LogP contribution in [0.2, 0.25) is 0 Å². The summed E-state index contributed by atoms with van der Waals surface area (Å²) in [7, 11) is 0. The van der Waals surface area contributed by atoms with Crippen LogP contribution in [0.5, 0.6) is 5.75 Å². The highest BCUT2D eigenvalue weighted by Crippen LogP contribution is 2.40. The van der Waals surface area contributed by atoms with Crippen molar-refractivity contribution in [3.05, 3.63) is 26.7 Å². The van der Waals surface area contributed by atoms with E-state index in [9.17, 15) is 9.90 Å². The summed E-state index contributed by atoms with van der Waals surface area (Å²) in [6.45, 7) is 1.99. The molecule has 0 bridgehead atoms. The third kappa shape index (κ3) is 2.39. The van der Waals surface area contributed by atoms with Gasteiger partial charge < -0.3 is 10.2 Å². The van der Waals surface area contributed by atoms with Crippen molar-refractivity contribution < 1.29 is 15.0 Å². The van der Waals surface area contributed by atoms with E-state index in [1.165, 1.54) is 17.5 Å². The van der Waals surface area contributed by atoms with Crippen LogP contribution in [0.3, 0.4) is 0 Å². The predicted molar refractivity (Wildman–Crippen MR) is 73.1 cm³/mol. The van der Waals surface area contributed by atoms with Gasteiger partial charge in [0.1, 0.15) is 5.75 Å². The molecular weight excluding hydrogens is 296 g/mol. The molecule has 1 aromatic rings. The molecule has 0 radical (unpaired) electrons. The maximum absolute atomic E-state index is 10.7. The van der Waals surface area contributed by atoms with Gasteiger partial charge in [0.2, 0.25) is 0 Å². The van der Waals surface area contributed by atoms with Crippen molar-refractivity contribution in [1.82, 2.24) is 0 Å². The minimum absolute atomic E-state index is 0.0552. The molecule has 0 amide bonds. The number of carboxylic acid groups (broad SMARTS) is 1. The Kier molecular flexibility index (Phi) is 3.95. The molecule has 2 N–H and O–H groups in total. The van der Waals surface area contributed by atoms with Crippen molar-refractivity contribution >= 4 is 21.9 Å². The summed E-state index contributed by atoms with van der Waals surface area (Å²) in [6, 6.07) is 0. The number of carbonyl (C=O) groups is 1. The highest BCUT2D eigenvalue weighted by Gasteiger charge is 2.22. The van der Waals surface area contributed by atoms with Gasteiger partial charge in [-0.2, -0.15) is 0 Å². The fourth-order valence-corrected chi connectivity index (χ4v) is 3.41. The number of rotatable bonds is 3. The van der Waals surface area contributed by atoms with Gasteiger partial charge in [-0.25, -0.2) is 0 Å². The molecule has 0 aromatic heterocycles. The molecule has 0 saturated carbocycles. The van der Waals surface area contributed by atoms with Crippen molar-refractivity contribution in [3.63, 3.8) is 0 Å². The van der Waals surface area contributed by atoms with Crippen LogP contribution in [-0.2, 0) is 24.1 Å². The molecule has 2 rings (SSSR count). The molecule has 1 aromatic carbocycles. The molecule has 0 aliphatic heterocycles. The second-order valence-electron chi connectivity index (χ2n) is 4.82. The van der Waals surface area contributed by atoms with Gasteiger partial charge in [-0.15, -0.1) is 0 Å². The summed E-state index contributed by atoms with van der Waals surface area (Å²) in [5.74, 6) is -0.600.